The SMILES string of the molecule is CN(C)Cc1cccc(CS)c1.NC(=O)Nc1c2c(cc3c1CCC3)CCC2. The van der Waals surface area contributed by atoms with Crippen LogP contribution in [0.1, 0.15) is 46.2 Å². The van der Waals surface area contributed by atoms with E-state index in [9.17, 15) is 4.79 Å². The molecule has 0 aliphatic heterocycles. The quantitative estimate of drug-likeness (QED) is 0.673. The predicted molar refractivity (Wildman–Crippen MR) is 120 cm³/mol. The van der Waals surface area contributed by atoms with Gasteiger partial charge in [-0.3, -0.25) is 0 Å². The number of aryl methyl sites for hydroxylation is 2. The summed E-state index contributed by atoms with van der Waals surface area (Å²) in [6.07, 6.45) is 6.86. The van der Waals surface area contributed by atoms with Gasteiger partial charge in [0.15, 0.2) is 0 Å². The van der Waals surface area contributed by atoms with Crippen molar-refractivity contribution in [1.82, 2.24) is 4.90 Å². The molecule has 2 aliphatic carbocycles. The van der Waals surface area contributed by atoms with Crippen LogP contribution < -0.4 is 11.1 Å². The molecule has 4 nitrogen and oxygen atoms in total. The number of thiol groups is 1. The minimum Gasteiger partial charge on any atom is -0.351 e. The van der Waals surface area contributed by atoms with Crippen molar-refractivity contribution in [2.45, 2.75) is 50.8 Å². The highest BCUT2D eigenvalue weighted by molar-refractivity contribution is 7.79. The molecule has 2 aromatic carbocycles. The Morgan fingerprint density at radius 2 is 1.64 bits per heavy atom. The second-order valence-corrected chi connectivity index (χ2v) is 8.26. The number of carbonyl (C=O) groups is 1. The number of hydrogen-bond acceptors (Lipinski definition) is 3. The Morgan fingerprint density at radius 3 is 2.18 bits per heavy atom. The van der Waals surface area contributed by atoms with Gasteiger partial charge in [0.05, 0.1) is 0 Å². The lowest BCUT2D eigenvalue weighted by Crippen LogP contribution is -2.21. The van der Waals surface area contributed by atoms with E-state index in [0.29, 0.717) is 0 Å². The molecule has 2 amide bonds. The maximum Gasteiger partial charge on any atom is 0.316 e. The fourth-order valence-electron chi connectivity index (χ4n) is 4.28. The van der Waals surface area contributed by atoms with Crippen LogP contribution in [0.15, 0.2) is 30.3 Å². The molecule has 3 N–H and O–H groups in total. The molecule has 0 radical (unpaired) electrons. The van der Waals surface area contributed by atoms with E-state index < -0.39 is 6.03 Å². The summed E-state index contributed by atoms with van der Waals surface area (Å²) in [5.41, 5.74) is 14.4. The van der Waals surface area contributed by atoms with Crippen molar-refractivity contribution in [2.24, 2.45) is 5.73 Å². The number of primary amides is 1. The van der Waals surface area contributed by atoms with E-state index in [4.69, 9.17) is 5.73 Å². The van der Waals surface area contributed by atoms with Crippen LogP contribution in [0.5, 0.6) is 0 Å². The number of rotatable bonds is 4. The van der Waals surface area contributed by atoms with Crippen molar-refractivity contribution >= 4 is 24.3 Å². The summed E-state index contributed by atoms with van der Waals surface area (Å²) >= 11 is 4.23. The normalized spacial score (nSPS) is 14.3. The molecule has 0 spiro atoms. The molecule has 0 bridgehead atoms. The first kappa shape index (κ1) is 20.7. The van der Waals surface area contributed by atoms with Crippen LogP contribution in [-0.2, 0) is 38.0 Å². The van der Waals surface area contributed by atoms with E-state index in [2.05, 4.69) is 67.3 Å². The Balaban J connectivity index is 0.000000169. The number of anilines is 1. The zero-order valence-electron chi connectivity index (χ0n) is 16.9. The Hall–Kier alpha value is -1.98. The first-order valence-corrected chi connectivity index (χ1v) is 10.7. The molecule has 5 heteroatoms. The molecular formula is C23H31N3OS. The van der Waals surface area contributed by atoms with E-state index in [1.807, 2.05) is 0 Å². The summed E-state index contributed by atoms with van der Waals surface area (Å²) in [6.45, 7) is 1.00. The zero-order valence-corrected chi connectivity index (χ0v) is 17.8. The summed E-state index contributed by atoms with van der Waals surface area (Å²) in [7, 11) is 4.15. The van der Waals surface area contributed by atoms with Crippen LogP contribution in [0.3, 0.4) is 0 Å². The lowest BCUT2D eigenvalue weighted by Gasteiger charge is -2.14. The second kappa shape index (κ2) is 9.48. The maximum absolute atomic E-state index is 11.1. The highest BCUT2D eigenvalue weighted by atomic mass is 32.1. The standard InChI is InChI=1S/C13H16N2O.C10H15NS/c14-13(16)15-12-10-5-1-3-8(10)7-9-4-2-6-11(9)12;1-11(2)7-9-4-3-5-10(6-9)8-12/h7H,1-6H2,(H3,14,15,16);3-6,12H,7-8H2,1-2H3. The van der Waals surface area contributed by atoms with Crippen LogP contribution in [0.4, 0.5) is 10.5 Å². The monoisotopic (exact) mass is 397 g/mol. The van der Waals surface area contributed by atoms with Gasteiger partial charge in [-0.2, -0.15) is 12.6 Å². The molecule has 0 saturated carbocycles. The Bertz CT molecular complexity index is 816. The average Bonchev–Trinajstić information content (AvgIpc) is 3.30. The lowest BCUT2D eigenvalue weighted by atomic mass is 9.99. The summed E-state index contributed by atoms with van der Waals surface area (Å²) < 4.78 is 0. The van der Waals surface area contributed by atoms with E-state index in [-0.39, 0.29) is 0 Å². The Kier molecular flexibility index (Phi) is 7.03. The van der Waals surface area contributed by atoms with Crippen molar-refractivity contribution in [3.05, 3.63) is 63.7 Å². The molecule has 150 valence electrons. The molecule has 0 fully saturated rings. The molecule has 2 aromatic rings. The average molecular weight is 398 g/mol. The van der Waals surface area contributed by atoms with Gasteiger partial charge in [-0.15, -0.1) is 0 Å². The van der Waals surface area contributed by atoms with Crippen LogP contribution in [0.2, 0.25) is 0 Å². The third kappa shape index (κ3) is 5.09. The molecule has 0 saturated heterocycles. The fraction of sp³-hybridized carbons (Fsp3) is 0.435. The van der Waals surface area contributed by atoms with Gasteiger partial charge in [0.25, 0.3) is 0 Å². The molecule has 0 heterocycles. The van der Waals surface area contributed by atoms with Gasteiger partial charge in [-0.05, 0) is 86.0 Å². The third-order valence-electron chi connectivity index (χ3n) is 5.39. The van der Waals surface area contributed by atoms with Gasteiger partial charge >= 0.3 is 6.03 Å². The summed E-state index contributed by atoms with van der Waals surface area (Å²) in [5, 5.41) is 2.84. The number of nitrogens with two attached hydrogens (primary N) is 1. The zero-order chi connectivity index (χ0) is 20.1. The van der Waals surface area contributed by atoms with Gasteiger partial charge in [0.2, 0.25) is 0 Å². The maximum atomic E-state index is 11.1. The molecular weight excluding hydrogens is 366 g/mol. The van der Waals surface area contributed by atoms with Crippen LogP contribution in [-0.4, -0.2) is 25.0 Å². The molecule has 4 rings (SSSR count). The smallest absolute Gasteiger partial charge is 0.316 e. The summed E-state index contributed by atoms with van der Waals surface area (Å²) in [5.74, 6) is 0.821. The number of amides is 2. The molecule has 2 aliphatic rings. The lowest BCUT2D eigenvalue weighted by molar-refractivity contribution is 0.259. The van der Waals surface area contributed by atoms with Crippen molar-refractivity contribution in [3.8, 4) is 0 Å². The number of nitrogens with one attached hydrogen (secondary N) is 1. The van der Waals surface area contributed by atoms with Crippen LogP contribution in [0.25, 0.3) is 0 Å². The summed E-state index contributed by atoms with van der Waals surface area (Å²) in [4.78, 5) is 13.2. The van der Waals surface area contributed by atoms with E-state index in [1.54, 1.807) is 0 Å². The van der Waals surface area contributed by atoms with Crippen molar-refractivity contribution in [2.75, 3.05) is 19.4 Å². The molecule has 0 atom stereocenters. The second-order valence-electron chi connectivity index (χ2n) is 7.94. The van der Waals surface area contributed by atoms with Crippen LogP contribution >= 0.6 is 12.6 Å². The number of urea groups is 1. The van der Waals surface area contributed by atoms with E-state index in [1.165, 1.54) is 46.2 Å². The first-order chi connectivity index (χ1) is 13.5. The van der Waals surface area contributed by atoms with E-state index >= 15 is 0 Å². The number of fused-ring (bicyclic) bond motifs is 2. The predicted octanol–water partition coefficient (Wildman–Crippen LogP) is 4.33. The van der Waals surface area contributed by atoms with Crippen molar-refractivity contribution in [1.29, 1.82) is 0 Å². The van der Waals surface area contributed by atoms with Crippen molar-refractivity contribution in [3.63, 3.8) is 0 Å². The summed E-state index contributed by atoms with van der Waals surface area (Å²) in [6, 6.07) is 10.4. The highest BCUT2D eigenvalue weighted by Crippen LogP contribution is 2.38. The fourth-order valence-corrected chi connectivity index (χ4v) is 4.48. The largest absolute Gasteiger partial charge is 0.351 e. The Morgan fingerprint density at radius 1 is 1.04 bits per heavy atom. The minimum absolute atomic E-state index is 0.436. The highest BCUT2D eigenvalue weighted by Gasteiger charge is 2.24. The van der Waals surface area contributed by atoms with Crippen molar-refractivity contribution < 1.29 is 4.79 Å². The first-order valence-electron chi connectivity index (χ1n) is 10.0. The van der Waals surface area contributed by atoms with Gasteiger partial charge in [-0.1, -0.05) is 30.3 Å². The number of benzene rings is 2. The van der Waals surface area contributed by atoms with Gasteiger partial charge in [0.1, 0.15) is 0 Å². The topological polar surface area (TPSA) is 58.4 Å². The number of nitrogens with zero attached hydrogens (tertiary/aromatic N) is 1. The Labute approximate surface area is 173 Å². The van der Waals surface area contributed by atoms with Crippen LogP contribution in [0, 0.1) is 0 Å². The minimum atomic E-state index is -0.436. The van der Waals surface area contributed by atoms with Gasteiger partial charge in [-0.25, -0.2) is 4.79 Å². The number of carbonyl (C=O) groups excluding carboxylic acids is 1. The third-order valence-corrected chi connectivity index (χ3v) is 5.76. The van der Waals surface area contributed by atoms with E-state index in [0.717, 1.165) is 43.7 Å². The molecule has 28 heavy (non-hydrogen) atoms. The molecule has 0 unspecified atom stereocenters. The molecule has 0 aromatic heterocycles. The number of hydrogen-bond donors (Lipinski definition) is 3. The van der Waals surface area contributed by atoms with Gasteiger partial charge < -0.3 is 16.0 Å². The van der Waals surface area contributed by atoms with Gasteiger partial charge in [0, 0.05) is 18.0 Å².